The van der Waals surface area contributed by atoms with E-state index >= 15 is 0 Å². The van der Waals surface area contributed by atoms with Crippen LogP contribution in [0.4, 0.5) is 0 Å². The summed E-state index contributed by atoms with van der Waals surface area (Å²) in [5.41, 5.74) is 1.06. The van der Waals surface area contributed by atoms with Gasteiger partial charge in [-0.1, -0.05) is 23.9 Å². The maximum Gasteiger partial charge on any atom is 0.357 e. The molecule has 0 N–H and O–H groups in total. The minimum absolute atomic E-state index is 0.0203. The molecular formula is C18H17N3O3S2. The Hall–Kier alpha value is -2.19. The van der Waals surface area contributed by atoms with E-state index in [1.807, 2.05) is 28.8 Å². The van der Waals surface area contributed by atoms with Crippen LogP contribution in [0.15, 0.2) is 39.6 Å². The number of hydrogen-bond donors (Lipinski definition) is 0. The quantitative estimate of drug-likeness (QED) is 0.365. The number of rotatable bonds is 6. The molecule has 0 saturated heterocycles. The molecular weight excluding hydrogens is 370 g/mol. The van der Waals surface area contributed by atoms with Crippen molar-refractivity contribution in [3.8, 4) is 0 Å². The van der Waals surface area contributed by atoms with E-state index in [0.29, 0.717) is 34.1 Å². The number of ether oxygens (including phenoxy) is 1. The molecule has 4 rings (SSSR count). The van der Waals surface area contributed by atoms with Crippen LogP contribution in [0, 0.1) is 0 Å². The summed E-state index contributed by atoms with van der Waals surface area (Å²) in [5, 5.41) is 3.88. The lowest BCUT2D eigenvalue weighted by atomic mass is 10.2. The van der Waals surface area contributed by atoms with Crippen LogP contribution in [0.3, 0.4) is 0 Å². The van der Waals surface area contributed by atoms with Gasteiger partial charge in [0.15, 0.2) is 10.9 Å². The Bertz CT molecular complexity index is 1020. The predicted octanol–water partition coefficient (Wildman–Crippen LogP) is 3.66. The Morgan fingerprint density at radius 3 is 2.92 bits per heavy atom. The second kappa shape index (κ2) is 7.20. The number of thioether (sulfide) groups is 1. The van der Waals surface area contributed by atoms with Gasteiger partial charge in [0.25, 0.3) is 5.56 Å². The van der Waals surface area contributed by atoms with Crippen LogP contribution in [0.25, 0.3) is 10.9 Å². The smallest absolute Gasteiger partial charge is 0.357 e. The SMILES string of the molecule is CCOC(=O)c1csc(CSc2nc3ccccc3c(=O)n2C2CC2)n1. The van der Waals surface area contributed by atoms with Gasteiger partial charge in [0.05, 0.1) is 23.3 Å². The van der Waals surface area contributed by atoms with E-state index in [-0.39, 0.29) is 11.6 Å². The summed E-state index contributed by atoms with van der Waals surface area (Å²) >= 11 is 2.90. The third-order valence-electron chi connectivity index (χ3n) is 4.05. The number of fused-ring (bicyclic) bond motifs is 1. The van der Waals surface area contributed by atoms with E-state index in [2.05, 4.69) is 4.98 Å². The summed E-state index contributed by atoms with van der Waals surface area (Å²) in [6.07, 6.45) is 2.02. The summed E-state index contributed by atoms with van der Waals surface area (Å²) in [7, 11) is 0. The largest absolute Gasteiger partial charge is 0.461 e. The number of benzene rings is 1. The highest BCUT2D eigenvalue weighted by molar-refractivity contribution is 7.98. The first kappa shape index (κ1) is 17.2. The summed E-state index contributed by atoms with van der Waals surface area (Å²) in [4.78, 5) is 33.6. The Kier molecular flexibility index (Phi) is 4.78. The number of para-hydroxylation sites is 1. The average molecular weight is 387 g/mol. The summed E-state index contributed by atoms with van der Waals surface area (Å²) < 4.78 is 6.78. The fraction of sp³-hybridized carbons (Fsp3) is 0.333. The van der Waals surface area contributed by atoms with E-state index in [1.165, 1.54) is 23.1 Å². The van der Waals surface area contributed by atoms with Crippen molar-refractivity contribution in [1.29, 1.82) is 0 Å². The maximum atomic E-state index is 12.8. The lowest BCUT2D eigenvalue weighted by Gasteiger charge is -2.11. The number of esters is 1. The minimum atomic E-state index is -0.404. The van der Waals surface area contributed by atoms with E-state index in [4.69, 9.17) is 9.72 Å². The molecule has 2 heterocycles. The number of carbonyl (C=O) groups excluding carboxylic acids is 1. The molecule has 26 heavy (non-hydrogen) atoms. The van der Waals surface area contributed by atoms with E-state index in [0.717, 1.165) is 17.8 Å². The Morgan fingerprint density at radius 2 is 2.15 bits per heavy atom. The van der Waals surface area contributed by atoms with Gasteiger partial charge < -0.3 is 4.74 Å². The molecule has 134 valence electrons. The Labute approximate surface area is 158 Å². The van der Waals surface area contributed by atoms with Crippen LogP contribution in [-0.4, -0.2) is 27.1 Å². The van der Waals surface area contributed by atoms with Gasteiger partial charge >= 0.3 is 5.97 Å². The van der Waals surface area contributed by atoms with Crippen molar-refractivity contribution in [2.45, 2.75) is 36.7 Å². The molecule has 1 aliphatic carbocycles. The van der Waals surface area contributed by atoms with Crippen molar-refractivity contribution in [2.75, 3.05) is 6.61 Å². The third-order valence-corrected chi connectivity index (χ3v) is 6.04. The third kappa shape index (κ3) is 3.39. The van der Waals surface area contributed by atoms with Crippen molar-refractivity contribution in [3.05, 3.63) is 50.7 Å². The normalized spacial score (nSPS) is 13.9. The molecule has 0 bridgehead atoms. The topological polar surface area (TPSA) is 74.1 Å². The van der Waals surface area contributed by atoms with Crippen molar-refractivity contribution in [3.63, 3.8) is 0 Å². The van der Waals surface area contributed by atoms with E-state index in [1.54, 1.807) is 12.3 Å². The Morgan fingerprint density at radius 1 is 1.35 bits per heavy atom. The van der Waals surface area contributed by atoms with Crippen LogP contribution >= 0.6 is 23.1 Å². The number of aromatic nitrogens is 3. The van der Waals surface area contributed by atoms with Gasteiger partial charge in [-0.2, -0.15) is 0 Å². The van der Waals surface area contributed by atoms with Gasteiger partial charge in [-0.05, 0) is 31.9 Å². The summed E-state index contributed by atoms with van der Waals surface area (Å²) in [6, 6.07) is 7.68. The zero-order valence-electron chi connectivity index (χ0n) is 14.2. The lowest BCUT2D eigenvalue weighted by molar-refractivity contribution is 0.0520. The molecule has 6 nitrogen and oxygen atoms in total. The summed E-state index contributed by atoms with van der Waals surface area (Å²) in [6.45, 7) is 2.10. The second-order valence-corrected chi connectivity index (χ2v) is 7.84. The molecule has 0 unspecified atom stereocenters. The van der Waals surface area contributed by atoms with Crippen LogP contribution in [0.5, 0.6) is 0 Å². The molecule has 2 aromatic heterocycles. The first-order valence-electron chi connectivity index (χ1n) is 8.43. The predicted molar refractivity (Wildman–Crippen MR) is 102 cm³/mol. The first-order chi connectivity index (χ1) is 12.7. The molecule has 0 atom stereocenters. The van der Waals surface area contributed by atoms with Gasteiger partial charge in [-0.15, -0.1) is 11.3 Å². The molecule has 0 aliphatic heterocycles. The summed E-state index contributed by atoms with van der Waals surface area (Å²) in [5.74, 6) is 0.153. The van der Waals surface area contributed by atoms with E-state index < -0.39 is 5.97 Å². The van der Waals surface area contributed by atoms with Crippen molar-refractivity contribution < 1.29 is 9.53 Å². The highest BCUT2D eigenvalue weighted by Gasteiger charge is 2.28. The highest BCUT2D eigenvalue weighted by Crippen LogP contribution is 2.37. The second-order valence-electron chi connectivity index (χ2n) is 5.95. The van der Waals surface area contributed by atoms with E-state index in [9.17, 15) is 9.59 Å². The van der Waals surface area contributed by atoms with Gasteiger partial charge in [-0.25, -0.2) is 14.8 Å². The van der Waals surface area contributed by atoms with Gasteiger partial charge in [0.2, 0.25) is 0 Å². The van der Waals surface area contributed by atoms with Crippen molar-refractivity contribution in [1.82, 2.24) is 14.5 Å². The molecule has 1 fully saturated rings. The average Bonchev–Trinajstić information content (AvgIpc) is 3.36. The zero-order chi connectivity index (χ0) is 18.1. The molecule has 0 radical (unpaired) electrons. The van der Waals surface area contributed by atoms with Gasteiger partial charge in [0.1, 0.15) is 5.01 Å². The van der Waals surface area contributed by atoms with Gasteiger partial charge in [-0.3, -0.25) is 9.36 Å². The fourth-order valence-corrected chi connectivity index (χ4v) is 4.53. The Balaban J connectivity index is 1.60. The maximum absolute atomic E-state index is 12.8. The standard InChI is InChI=1S/C18H17N3O3S2/c1-2-24-17(23)14-9-25-15(19-14)10-26-18-20-13-6-4-3-5-12(13)16(22)21(18)11-7-8-11/h3-6,9,11H,2,7-8,10H2,1H3. The number of carbonyl (C=O) groups is 1. The highest BCUT2D eigenvalue weighted by atomic mass is 32.2. The van der Waals surface area contributed by atoms with Gasteiger partial charge in [0, 0.05) is 11.4 Å². The minimum Gasteiger partial charge on any atom is -0.461 e. The first-order valence-corrected chi connectivity index (χ1v) is 10.3. The molecule has 1 saturated carbocycles. The molecule has 3 aromatic rings. The van der Waals surface area contributed by atoms with Crippen LogP contribution in [0.2, 0.25) is 0 Å². The molecule has 0 spiro atoms. The molecule has 0 amide bonds. The number of nitrogens with zero attached hydrogens (tertiary/aromatic N) is 3. The molecule has 8 heteroatoms. The van der Waals surface area contributed by atoms with Crippen molar-refractivity contribution >= 4 is 40.0 Å². The van der Waals surface area contributed by atoms with Crippen LogP contribution in [0.1, 0.15) is 41.3 Å². The molecule has 1 aromatic carbocycles. The zero-order valence-corrected chi connectivity index (χ0v) is 15.8. The van der Waals surface area contributed by atoms with Crippen LogP contribution < -0.4 is 5.56 Å². The van der Waals surface area contributed by atoms with Crippen molar-refractivity contribution in [2.24, 2.45) is 0 Å². The monoisotopic (exact) mass is 387 g/mol. The molecule has 1 aliphatic rings. The number of thiazole rings is 1. The number of hydrogen-bond acceptors (Lipinski definition) is 7. The lowest BCUT2D eigenvalue weighted by Crippen LogP contribution is -2.22. The fourth-order valence-electron chi connectivity index (χ4n) is 2.68. The van der Waals surface area contributed by atoms with Crippen LogP contribution in [-0.2, 0) is 10.5 Å².